The minimum Gasteiger partial charge on any atom is -0.507 e. The molecule has 0 bridgehead atoms. The predicted molar refractivity (Wildman–Crippen MR) is 133 cm³/mol. The second kappa shape index (κ2) is 10.4. The molecule has 1 saturated heterocycles. The highest BCUT2D eigenvalue weighted by atomic mass is 35.5. The van der Waals surface area contributed by atoms with Crippen molar-refractivity contribution < 1.29 is 9.84 Å². The van der Waals surface area contributed by atoms with Crippen LogP contribution in [0.2, 0.25) is 5.02 Å². The van der Waals surface area contributed by atoms with Crippen molar-refractivity contribution in [2.24, 2.45) is 0 Å². The van der Waals surface area contributed by atoms with Gasteiger partial charge in [0.1, 0.15) is 5.75 Å². The molecular weight excluding hydrogens is 438 g/mol. The maximum Gasteiger partial charge on any atom is 0.259 e. The number of aromatic hydroxyl groups is 1. The summed E-state index contributed by atoms with van der Waals surface area (Å²) in [4.78, 5) is 18.2. The van der Waals surface area contributed by atoms with Gasteiger partial charge in [-0.05, 0) is 42.8 Å². The minimum absolute atomic E-state index is 0.0246. The third-order valence-electron chi connectivity index (χ3n) is 6.30. The molecule has 2 aromatic carbocycles. The van der Waals surface area contributed by atoms with Gasteiger partial charge < -0.3 is 19.3 Å². The smallest absolute Gasteiger partial charge is 0.259 e. The number of hydrogen-bond donors (Lipinski definition) is 1. The van der Waals surface area contributed by atoms with Gasteiger partial charge in [0.2, 0.25) is 0 Å². The molecule has 0 spiro atoms. The molecule has 1 aliphatic rings. The van der Waals surface area contributed by atoms with Crippen molar-refractivity contribution in [1.29, 1.82) is 0 Å². The number of hydrogen-bond acceptors (Lipinski definition) is 5. The maximum absolute atomic E-state index is 13.6. The summed E-state index contributed by atoms with van der Waals surface area (Å²) in [7, 11) is 1.62. The summed E-state index contributed by atoms with van der Waals surface area (Å²) in [6.07, 6.45) is 0. The highest BCUT2D eigenvalue weighted by molar-refractivity contribution is 6.30. The van der Waals surface area contributed by atoms with Crippen LogP contribution in [0.25, 0.3) is 0 Å². The topological polar surface area (TPSA) is 57.9 Å². The molecule has 1 aliphatic heterocycles. The van der Waals surface area contributed by atoms with E-state index in [9.17, 15) is 9.90 Å². The molecule has 0 saturated carbocycles. The molecule has 1 atom stereocenters. The molecule has 1 aromatic heterocycles. The Labute approximate surface area is 199 Å². The van der Waals surface area contributed by atoms with Crippen molar-refractivity contribution in [3.8, 4) is 5.75 Å². The van der Waals surface area contributed by atoms with Gasteiger partial charge in [-0.15, -0.1) is 0 Å². The van der Waals surface area contributed by atoms with Crippen LogP contribution >= 0.6 is 11.6 Å². The van der Waals surface area contributed by atoms with E-state index < -0.39 is 0 Å². The normalized spacial score (nSPS) is 15.5. The largest absolute Gasteiger partial charge is 0.507 e. The zero-order valence-corrected chi connectivity index (χ0v) is 19.8. The molecule has 0 unspecified atom stereocenters. The minimum atomic E-state index is -0.373. The lowest BCUT2D eigenvalue weighted by molar-refractivity contribution is 0.183. The van der Waals surface area contributed by atoms with Gasteiger partial charge >= 0.3 is 0 Å². The van der Waals surface area contributed by atoms with E-state index in [4.69, 9.17) is 16.3 Å². The molecule has 0 aliphatic carbocycles. The average Bonchev–Trinajstić information content (AvgIpc) is 2.83. The van der Waals surface area contributed by atoms with Crippen molar-refractivity contribution >= 4 is 17.3 Å². The standard InChI is InChI=1S/C26H30ClN3O3/c1-19-18-23(31)24(26(32)30(19)16-17-33-2)25(20-8-10-21(27)11-9-20)29-14-12-28(13-15-29)22-6-4-3-5-7-22/h3-11,18,25,31H,12-17H2,1-2H3/t25-/m1/s1. The van der Waals surface area contributed by atoms with E-state index in [1.165, 1.54) is 5.69 Å². The highest BCUT2D eigenvalue weighted by Crippen LogP contribution is 2.34. The Kier molecular flexibility index (Phi) is 7.38. The van der Waals surface area contributed by atoms with Gasteiger partial charge in [-0.3, -0.25) is 9.69 Å². The van der Waals surface area contributed by atoms with E-state index in [0.717, 1.165) is 31.7 Å². The number of ether oxygens (including phenoxy) is 1. The third-order valence-corrected chi connectivity index (χ3v) is 6.55. The van der Waals surface area contributed by atoms with E-state index in [2.05, 4.69) is 21.9 Å². The Hall–Kier alpha value is -2.80. The number of piperazine rings is 1. The maximum atomic E-state index is 13.6. The van der Waals surface area contributed by atoms with Gasteiger partial charge in [0.15, 0.2) is 0 Å². The fourth-order valence-electron chi connectivity index (χ4n) is 4.57. The summed E-state index contributed by atoms with van der Waals surface area (Å²) in [5, 5.41) is 11.6. The Balaban J connectivity index is 1.72. The number of pyridine rings is 1. The number of aryl methyl sites for hydroxylation is 1. The van der Waals surface area contributed by atoms with E-state index in [-0.39, 0.29) is 17.4 Å². The summed E-state index contributed by atoms with van der Waals surface area (Å²) in [5.74, 6) is 0.0246. The second-order valence-electron chi connectivity index (χ2n) is 8.35. The number of para-hydroxylation sites is 1. The molecule has 4 rings (SSSR count). The van der Waals surface area contributed by atoms with Crippen molar-refractivity contribution in [2.75, 3.05) is 44.8 Å². The first-order valence-electron chi connectivity index (χ1n) is 11.2. The van der Waals surface area contributed by atoms with Crippen molar-refractivity contribution in [1.82, 2.24) is 9.47 Å². The number of anilines is 1. The van der Waals surface area contributed by atoms with Crippen LogP contribution in [0.3, 0.4) is 0 Å². The van der Waals surface area contributed by atoms with Crippen molar-refractivity contribution in [2.45, 2.75) is 19.5 Å². The molecule has 2 heterocycles. The van der Waals surface area contributed by atoms with Gasteiger partial charge in [-0.25, -0.2) is 0 Å². The van der Waals surface area contributed by atoms with Crippen molar-refractivity contribution in [3.05, 3.63) is 92.9 Å². The molecule has 1 fully saturated rings. The SMILES string of the molecule is COCCn1c(C)cc(O)c([C@@H](c2ccc(Cl)cc2)N2CCN(c3ccccc3)CC2)c1=O. The molecule has 33 heavy (non-hydrogen) atoms. The van der Waals surface area contributed by atoms with Gasteiger partial charge in [-0.1, -0.05) is 41.9 Å². The van der Waals surface area contributed by atoms with Crippen LogP contribution in [0.1, 0.15) is 22.9 Å². The van der Waals surface area contributed by atoms with Crippen LogP contribution in [0.4, 0.5) is 5.69 Å². The van der Waals surface area contributed by atoms with Crippen LogP contribution in [-0.2, 0) is 11.3 Å². The molecule has 174 valence electrons. The Bertz CT molecular complexity index is 1120. The number of halogens is 1. The fourth-order valence-corrected chi connectivity index (χ4v) is 4.69. The molecule has 7 heteroatoms. The number of benzene rings is 2. The molecule has 1 N–H and O–H groups in total. The number of aromatic nitrogens is 1. The number of nitrogens with zero attached hydrogens (tertiary/aromatic N) is 3. The van der Waals surface area contributed by atoms with E-state index >= 15 is 0 Å². The first-order valence-corrected chi connectivity index (χ1v) is 11.6. The van der Waals surface area contributed by atoms with Crippen LogP contribution in [0, 0.1) is 6.92 Å². The van der Waals surface area contributed by atoms with Gasteiger partial charge in [0.05, 0.1) is 18.2 Å². The molecule has 0 radical (unpaired) electrons. The summed E-state index contributed by atoms with van der Waals surface area (Å²) in [6, 6.07) is 19.2. The van der Waals surface area contributed by atoms with E-state index in [1.807, 2.05) is 49.4 Å². The Morgan fingerprint density at radius 3 is 2.33 bits per heavy atom. The summed E-state index contributed by atoms with van der Waals surface area (Å²) in [6.45, 7) is 5.86. The zero-order valence-electron chi connectivity index (χ0n) is 19.1. The lowest BCUT2D eigenvalue weighted by Crippen LogP contribution is -2.49. The average molecular weight is 468 g/mol. The zero-order chi connectivity index (χ0) is 23.4. The lowest BCUT2D eigenvalue weighted by Gasteiger charge is -2.40. The number of rotatable bonds is 7. The first-order chi connectivity index (χ1) is 16.0. The van der Waals surface area contributed by atoms with Gasteiger partial charge in [-0.2, -0.15) is 0 Å². The predicted octanol–water partition coefficient (Wildman–Crippen LogP) is 4.07. The molecule has 0 amide bonds. The van der Waals surface area contributed by atoms with Crippen LogP contribution in [-0.4, -0.2) is 54.5 Å². The second-order valence-corrected chi connectivity index (χ2v) is 8.78. The monoisotopic (exact) mass is 467 g/mol. The van der Waals surface area contributed by atoms with Gasteiger partial charge in [0, 0.05) is 56.2 Å². The molecule has 6 nitrogen and oxygen atoms in total. The van der Waals surface area contributed by atoms with Crippen LogP contribution in [0.5, 0.6) is 5.75 Å². The first kappa shape index (κ1) is 23.4. The van der Waals surface area contributed by atoms with Crippen LogP contribution < -0.4 is 10.5 Å². The Morgan fingerprint density at radius 2 is 1.70 bits per heavy atom. The Morgan fingerprint density at radius 1 is 1.03 bits per heavy atom. The summed E-state index contributed by atoms with van der Waals surface area (Å²) >= 11 is 6.15. The quantitative estimate of drug-likeness (QED) is 0.567. The van der Waals surface area contributed by atoms with Crippen LogP contribution in [0.15, 0.2) is 65.5 Å². The third kappa shape index (κ3) is 5.08. The lowest BCUT2D eigenvalue weighted by atomic mass is 9.96. The highest BCUT2D eigenvalue weighted by Gasteiger charge is 2.31. The summed E-state index contributed by atoms with van der Waals surface area (Å²) in [5.41, 5.74) is 3.05. The molecular formula is C26H30ClN3O3. The molecule has 3 aromatic rings. The summed E-state index contributed by atoms with van der Waals surface area (Å²) < 4.78 is 6.88. The number of methoxy groups -OCH3 is 1. The van der Waals surface area contributed by atoms with E-state index in [1.54, 1.807) is 17.7 Å². The van der Waals surface area contributed by atoms with Crippen molar-refractivity contribution in [3.63, 3.8) is 0 Å². The fraction of sp³-hybridized carbons (Fsp3) is 0.346. The van der Waals surface area contributed by atoms with E-state index in [0.29, 0.717) is 29.4 Å². The van der Waals surface area contributed by atoms with Gasteiger partial charge in [0.25, 0.3) is 5.56 Å².